The van der Waals surface area contributed by atoms with Gasteiger partial charge in [0.05, 0.1) is 55.2 Å². The highest BCUT2D eigenvalue weighted by atomic mass is 127. The molecule has 0 spiro atoms. The third-order valence-corrected chi connectivity index (χ3v) is 8.29. The van der Waals surface area contributed by atoms with Crippen LogP contribution in [-0.2, 0) is 9.47 Å². The molecule has 2 aliphatic rings. The molecule has 2 aromatic heterocycles. The van der Waals surface area contributed by atoms with Gasteiger partial charge in [0.15, 0.2) is 11.0 Å². The van der Waals surface area contributed by atoms with Crippen LogP contribution in [0, 0.1) is 7.14 Å². The molecule has 2 unspecified atom stereocenters. The van der Waals surface area contributed by atoms with Gasteiger partial charge in [-0.25, -0.2) is 9.97 Å². The number of anilines is 5. The topological polar surface area (TPSA) is 179 Å². The number of halogens is 5. The highest BCUT2D eigenvalue weighted by Gasteiger charge is 2.20. The van der Waals surface area contributed by atoms with Crippen molar-refractivity contribution in [2.75, 3.05) is 48.9 Å². The lowest BCUT2D eigenvalue weighted by Gasteiger charge is -2.17. The van der Waals surface area contributed by atoms with E-state index >= 15 is 0 Å². The number of ether oxygens (including phenoxy) is 4. The Hall–Kier alpha value is -2.35. The average molecular weight is 902 g/mol. The van der Waals surface area contributed by atoms with Crippen molar-refractivity contribution in [2.45, 2.75) is 25.0 Å². The summed E-state index contributed by atoms with van der Waals surface area (Å²) < 4.78 is 24.5. The molecule has 0 aliphatic carbocycles. The number of benzene rings is 2. The maximum atomic E-state index is 6.10. The highest BCUT2D eigenvalue weighted by Crippen LogP contribution is 2.33. The lowest BCUT2D eigenvalue weighted by Crippen LogP contribution is -2.16. The van der Waals surface area contributed by atoms with Crippen LogP contribution in [0.5, 0.6) is 11.5 Å². The molecule has 12 nitrogen and oxygen atoms in total. The Morgan fingerprint density at radius 1 is 0.756 bits per heavy atom. The van der Waals surface area contributed by atoms with Gasteiger partial charge in [0.2, 0.25) is 11.9 Å². The molecule has 240 valence electrons. The second kappa shape index (κ2) is 17.5. The highest BCUT2D eigenvalue weighted by molar-refractivity contribution is 14.1. The van der Waals surface area contributed by atoms with Gasteiger partial charge in [0.1, 0.15) is 28.7 Å². The van der Waals surface area contributed by atoms with Crippen molar-refractivity contribution in [2.24, 2.45) is 0 Å². The molecule has 2 atom stereocenters. The summed E-state index contributed by atoms with van der Waals surface area (Å²) in [6.07, 6.45) is 4.87. The summed E-state index contributed by atoms with van der Waals surface area (Å²) in [6.45, 7) is 2.79. The number of hydrogen-bond acceptors (Lipinski definition) is 12. The van der Waals surface area contributed by atoms with Crippen LogP contribution in [0.15, 0.2) is 48.8 Å². The zero-order valence-electron chi connectivity index (χ0n) is 23.6. The van der Waals surface area contributed by atoms with Crippen molar-refractivity contribution in [1.82, 2.24) is 19.9 Å². The summed E-state index contributed by atoms with van der Waals surface area (Å²) in [4.78, 5) is 15.1. The zero-order chi connectivity index (χ0) is 32.3. The van der Waals surface area contributed by atoms with Gasteiger partial charge in [-0.1, -0.05) is 34.8 Å². The molecular formula is C28H29Cl3I2N8O4. The number of aromatic nitrogens is 4. The lowest BCUT2D eigenvalue weighted by molar-refractivity contribution is 0.142. The van der Waals surface area contributed by atoms with Gasteiger partial charge in [-0.3, -0.25) is 0 Å². The molecule has 2 fully saturated rings. The minimum absolute atomic E-state index is 0.0616. The first-order valence-electron chi connectivity index (χ1n) is 13.4. The van der Waals surface area contributed by atoms with E-state index in [1.54, 1.807) is 0 Å². The normalized spacial score (nSPS) is 17.0. The number of nitrogens with one attached hydrogen (secondary N) is 1. The standard InChI is InChI=1S/C14H14ClIN4O2.C10H12INO2.C4H3Cl2N3/c15-10-6-18-14(17)20-13(10)19-11-5-8(16)1-2-12(11)22-9-3-4-21-7-9;11-7-1-2-10(9(12)5-7)14-8-3-4-13-6-8;5-2-1-8-4(7)9-3(2)6/h1-2,5-6,9H,3-4,7H2,(H3,17,18,19,20);1-2,5,8H,3-4,6,12H2;1H,(H2,7,8,9). The Balaban J connectivity index is 0.000000171. The number of rotatable bonds is 6. The van der Waals surface area contributed by atoms with Gasteiger partial charge >= 0.3 is 0 Å². The van der Waals surface area contributed by atoms with Crippen molar-refractivity contribution in [3.8, 4) is 11.5 Å². The Kier molecular flexibility index (Phi) is 13.8. The summed E-state index contributed by atoms with van der Waals surface area (Å²) >= 11 is 21.5. The summed E-state index contributed by atoms with van der Waals surface area (Å²) in [7, 11) is 0. The van der Waals surface area contributed by atoms with Crippen molar-refractivity contribution in [3.63, 3.8) is 0 Å². The van der Waals surface area contributed by atoms with Gasteiger partial charge in [0.25, 0.3) is 0 Å². The van der Waals surface area contributed by atoms with Crippen LogP contribution in [0.1, 0.15) is 12.8 Å². The van der Waals surface area contributed by atoms with Crippen molar-refractivity contribution in [1.29, 1.82) is 0 Å². The van der Waals surface area contributed by atoms with Gasteiger partial charge in [-0.05, 0) is 81.6 Å². The van der Waals surface area contributed by atoms with E-state index < -0.39 is 0 Å². The molecule has 2 aromatic carbocycles. The molecule has 2 aliphatic heterocycles. The van der Waals surface area contributed by atoms with Crippen LogP contribution in [0.4, 0.5) is 29.1 Å². The molecule has 7 N–H and O–H groups in total. The Bertz CT molecular complexity index is 1580. The third kappa shape index (κ3) is 11.4. The fourth-order valence-corrected chi connectivity index (χ4v) is 5.23. The second-order valence-electron chi connectivity index (χ2n) is 9.45. The van der Waals surface area contributed by atoms with E-state index in [9.17, 15) is 0 Å². The first-order valence-corrected chi connectivity index (χ1v) is 16.7. The zero-order valence-corrected chi connectivity index (χ0v) is 30.1. The van der Waals surface area contributed by atoms with Crippen LogP contribution < -0.4 is 32.0 Å². The molecule has 0 bridgehead atoms. The van der Waals surface area contributed by atoms with Gasteiger partial charge in [0, 0.05) is 20.0 Å². The lowest BCUT2D eigenvalue weighted by atomic mass is 10.2. The fraction of sp³-hybridized carbons (Fsp3) is 0.286. The maximum absolute atomic E-state index is 6.10. The van der Waals surface area contributed by atoms with E-state index in [0.717, 1.165) is 50.4 Å². The van der Waals surface area contributed by atoms with Crippen LogP contribution in [-0.4, -0.2) is 58.6 Å². The van der Waals surface area contributed by atoms with Crippen LogP contribution >= 0.6 is 80.0 Å². The minimum atomic E-state index is 0.0616. The smallest absolute Gasteiger partial charge is 0.222 e. The predicted octanol–water partition coefficient (Wildman–Crippen LogP) is 6.63. The molecule has 4 aromatic rings. The Morgan fingerprint density at radius 2 is 1.31 bits per heavy atom. The van der Waals surface area contributed by atoms with E-state index in [2.05, 4.69) is 70.4 Å². The van der Waals surface area contributed by atoms with Crippen LogP contribution in [0.25, 0.3) is 0 Å². The molecule has 6 rings (SSSR count). The molecule has 0 amide bonds. The number of nitrogens with two attached hydrogens (primary N) is 3. The largest absolute Gasteiger partial charge is 0.486 e. The molecule has 17 heteroatoms. The second-order valence-corrected chi connectivity index (χ2v) is 13.1. The van der Waals surface area contributed by atoms with E-state index in [4.69, 9.17) is 71.0 Å². The van der Waals surface area contributed by atoms with E-state index in [1.165, 1.54) is 12.4 Å². The van der Waals surface area contributed by atoms with E-state index in [0.29, 0.717) is 34.8 Å². The van der Waals surface area contributed by atoms with Crippen molar-refractivity contribution in [3.05, 3.63) is 71.1 Å². The summed E-state index contributed by atoms with van der Waals surface area (Å²) in [5.41, 5.74) is 18.1. The fourth-order valence-electron chi connectivity index (χ4n) is 3.85. The van der Waals surface area contributed by atoms with Crippen molar-refractivity contribution < 1.29 is 18.9 Å². The minimum Gasteiger partial charge on any atom is -0.486 e. The molecule has 2 saturated heterocycles. The maximum Gasteiger partial charge on any atom is 0.222 e. The summed E-state index contributed by atoms with van der Waals surface area (Å²) in [5.74, 6) is 2.22. The molecule has 45 heavy (non-hydrogen) atoms. The summed E-state index contributed by atoms with van der Waals surface area (Å²) in [6, 6.07) is 11.7. The number of nitrogens with zero attached hydrogens (tertiary/aromatic N) is 4. The Labute approximate surface area is 302 Å². The first kappa shape index (κ1) is 35.5. The quantitative estimate of drug-likeness (QED) is 0.0924. The van der Waals surface area contributed by atoms with E-state index in [-0.39, 0.29) is 29.3 Å². The molecular weight excluding hydrogens is 873 g/mol. The predicted molar refractivity (Wildman–Crippen MR) is 194 cm³/mol. The van der Waals surface area contributed by atoms with E-state index in [1.807, 2.05) is 36.4 Å². The third-order valence-electron chi connectivity index (χ3n) is 6.01. The Morgan fingerprint density at radius 3 is 1.87 bits per heavy atom. The molecule has 4 heterocycles. The van der Waals surface area contributed by atoms with Gasteiger partial charge in [-0.15, -0.1) is 0 Å². The van der Waals surface area contributed by atoms with Gasteiger partial charge in [-0.2, -0.15) is 9.97 Å². The van der Waals surface area contributed by atoms with Gasteiger partial charge < -0.3 is 41.5 Å². The molecule has 0 radical (unpaired) electrons. The summed E-state index contributed by atoms with van der Waals surface area (Å²) in [5, 5.41) is 4.05. The van der Waals surface area contributed by atoms with Crippen molar-refractivity contribution >= 4 is 109 Å². The monoisotopic (exact) mass is 900 g/mol. The van der Waals surface area contributed by atoms with Crippen LogP contribution in [0.2, 0.25) is 15.2 Å². The number of nitrogen functional groups attached to an aromatic ring is 3. The molecule has 0 saturated carbocycles. The number of hydrogen-bond donors (Lipinski definition) is 4. The average Bonchev–Trinajstić information content (AvgIpc) is 3.71. The van der Waals surface area contributed by atoms with Crippen LogP contribution in [0.3, 0.4) is 0 Å². The first-order chi connectivity index (χ1) is 21.6. The SMILES string of the molecule is Nc1cc(I)ccc1OC1CCOC1.Nc1ncc(Cl)c(Cl)n1.Nc1ncc(Cl)c(Nc2cc(I)ccc2OC2CCOC2)n1.